The van der Waals surface area contributed by atoms with Crippen LogP contribution in [0.5, 0.6) is 0 Å². The first-order chi connectivity index (χ1) is 8.66. The van der Waals surface area contributed by atoms with E-state index in [1.807, 2.05) is 23.5 Å². The minimum atomic E-state index is -0.551. The van der Waals surface area contributed by atoms with Gasteiger partial charge in [0.05, 0.1) is 5.69 Å². The molecule has 0 aliphatic carbocycles. The molecule has 0 spiro atoms. The van der Waals surface area contributed by atoms with Crippen molar-refractivity contribution in [1.82, 2.24) is 5.32 Å². The van der Waals surface area contributed by atoms with E-state index in [1.165, 1.54) is 24.0 Å². The Morgan fingerprint density at radius 3 is 3.00 bits per heavy atom. The van der Waals surface area contributed by atoms with E-state index in [0.717, 1.165) is 11.5 Å². The van der Waals surface area contributed by atoms with E-state index in [4.69, 9.17) is 5.73 Å². The van der Waals surface area contributed by atoms with Crippen molar-refractivity contribution >= 4 is 35.1 Å². The van der Waals surface area contributed by atoms with Crippen molar-refractivity contribution in [3.8, 4) is 0 Å². The maximum Gasteiger partial charge on any atom is 0.251 e. The number of nitrogens with two attached hydrogens (primary N) is 1. The smallest absolute Gasteiger partial charge is 0.251 e. The summed E-state index contributed by atoms with van der Waals surface area (Å²) < 4.78 is 13.2. The molecule has 1 atom stereocenters. The Bertz CT molecular complexity index is 436. The molecule has 1 saturated heterocycles. The highest BCUT2D eigenvalue weighted by Gasteiger charge is 2.16. The lowest BCUT2D eigenvalue weighted by molar-refractivity contribution is 0.0954. The van der Waals surface area contributed by atoms with Gasteiger partial charge in [-0.1, -0.05) is 0 Å². The van der Waals surface area contributed by atoms with Crippen molar-refractivity contribution < 1.29 is 9.18 Å². The first kappa shape index (κ1) is 13.5. The van der Waals surface area contributed by atoms with E-state index in [9.17, 15) is 9.18 Å². The van der Waals surface area contributed by atoms with E-state index in [-0.39, 0.29) is 11.6 Å². The molecule has 1 aromatic carbocycles. The van der Waals surface area contributed by atoms with Crippen LogP contribution in [0.3, 0.4) is 0 Å². The molecule has 98 valence electrons. The lowest BCUT2D eigenvalue weighted by Gasteiger charge is -2.21. The Hall–Kier alpha value is -0.880. The Morgan fingerprint density at radius 1 is 1.50 bits per heavy atom. The number of hydrogen-bond acceptors (Lipinski definition) is 4. The summed E-state index contributed by atoms with van der Waals surface area (Å²) in [6.07, 6.45) is 0. The van der Waals surface area contributed by atoms with Crippen LogP contribution in [0, 0.1) is 5.82 Å². The number of anilines is 1. The molecule has 1 fully saturated rings. The first-order valence-electron chi connectivity index (χ1n) is 5.69. The van der Waals surface area contributed by atoms with Gasteiger partial charge in [-0.2, -0.15) is 23.5 Å². The summed E-state index contributed by atoms with van der Waals surface area (Å²) in [7, 11) is 0. The number of carbonyl (C=O) groups excluding carboxylic acids is 1. The average Bonchev–Trinajstić information content (AvgIpc) is 2.40. The molecule has 18 heavy (non-hydrogen) atoms. The Labute approximate surface area is 114 Å². The number of nitrogens with one attached hydrogen (secondary N) is 1. The number of amides is 1. The summed E-state index contributed by atoms with van der Waals surface area (Å²) in [4.78, 5) is 11.8. The highest BCUT2D eigenvalue weighted by Crippen LogP contribution is 2.23. The molecule has 6 heteroatoms. The maximum absolute atomic E-state index is 13.2. The van der Waals surface area contributed by atoms with Gasteiger partial charge in [0.15, 0.2) is 0 Å². The van der Waals surface area contributed by atoms with Crippen LogP contribution in [0.1, 0.15) is 10.4 Å². The van der Waals surface area contributed by atoms with E-state index < -0.39 is 5.82 Å². The number of hydrogen-bond donors (Lipinski definition) is 2. The third-order valence-corrected chi connectivity index (χ3v) is 5.48. The highest BCUT2D eigenvalue weighted by molar-refractivity contribution is 8.06. The van der Waals surface area contributed by atoms with Gasteiger partial charge in [0.25, 0.3) is 5.91 Å². The standard InChI is InChI=1S/C12H15FN2OS2/c13-10-5-8(1-2-11(10)14)12(16)15-6-9-7-17-3-4-18-9/h1-2,5,9H,3-4,6-7,14H2,(H,15,16). The number of halogens is 1. The third kappa shape index (κ3) is 3.55. The Balaban J connectivity index is 1.88. The van der Waals surface area contributed by atoms with E-state index in [1.54, 1.807) is 0 Å². The molecular formula is C12H15FN2OS2. The number of carbonyl (C=O) groups is 1. The fourth-order valence-electron chi connectivity index (χ4n) is 1.63. The SMILES string of the molecule is Nc1ccc(C(=O)NCC2CSCCS2)cc1F. The molecule has 1 aliphatic rings. The molecule has 0 saturated carbocycles. The number of benzene rings is 1. The second-order valence-electron chi connectivity index (χ2n) is 4.01. The van der Waals surface area contributed by atoms with E-state index >= 15 is 0 Å². The fraction of sp³-hybridized carbons (Fsp3) is 0.417. The van der Waals surface area contributed by atoms with Gasteiger partial charge in [0.2, 0.25) is 0 Å². The van der Waals surface area contributed by atoms with Gasteiger partial charge < -0.3 is 11.1 Å². The van der Waals surface area contributed by atoms with Crippen molar-refractivity contribution in [3.63, 3.8) is 0 Å². The average molecular weight is 286 g/mol. The van der Waals surface area contributed by atoms with Crippen LogP contribution in [-0.4, -0.2) is 35.0 Å². The molecule has 0 aromatic heterocycles. The van der Waals surface area contributed by atoms with Crippen LogP contribution in [0.2, 0.25) is 0 Å². The second kappa shape index (κ2) is 6.33. The predicted molar refractivity (Wildman–Crippen MR) is 76.7 cm³/mol. The topological polar surface area (TPSA) is 55.1 Å². The number of nitrogen functional groups attached to an aromatic ring is 1. The molecule has 1 unspecified atom stereocenters. The molecule has 3 N–H and O–H groups in total. The van der Waals surface area contributed by atoms with Crippen LogP contribution in [-0.2, 0) is 0 Å². The minimum Gasteiger partial charge on any atom is -0.396 e. The van der Waals surface area contributed by atoms with Crippen molar-refractivity contribution in [2.75, 3.05) is 29.5 Å². The van der Waals surface area contributed by atoms with Crippen LogP contribution in [0.15, 0.2) is 18.2 Å². The molecule has 1 aromatic rings. The first-order valence-corrected chi connectivity index (χ1v) is 7.90. The summed E-state index contributed by atoms with van der Waals surface area (Å²) >= 11 is 3.78. The third-order valence-electron chi connectivity index (χ3n) is 2.64. The lowest BCUT2D eigenvalue weighted by Crippen LogP contribution is -2.33. The maximum atomic E-state index is 13.2. The van der Waals surface area contributed by atoms with Crippen LogP contribution in [0.4, 0.5) is 10.1 Å². The molecular weight excluding hydrogens is 271 g/mol. The zero-order valence-electron chi connectivity index (χ0n) is 9.82. The molecule has 1 heterocycles. The molecule has 2 rings (SSSR count). The van der Waals surface area contributed by atoms with Crippen molar-refractivity contribution in [2.45, 2.75) is 5.25 Å². The van der Waals surface area contributed by atoms with Crippen molar-refractivity contribution in [1.29, 1.82) is 0 Å². The molecule has 1 amide bonds. The normalized spacial score (nSPS) is 19.5. The fourth-order valence-corrected chi connectivity index (χ4v) is 4.24. The summed E-state index contributed by atoms with van der Waals surface area (Å²) in [5.41, 5.74) is 5.74. The predicted octanol–water partition coefficient (Wildman–Crippen LogP) is 1.99. The van der Waals surface area contributed by atoms with Crippen LogP contribution < -0.4 is 11.1 Å². The van der Waals surface area contributed by atoms with Gasteiger partial charge in [0.1, 0.15) is 5.82 Å². The number of rotatable bonds is 3. The van der Waals surface area contributed by atoms with Gasteiger partial charge in [-0.25, -0.2) is 4.39 Å². The van der Waals surface area contributed by atoms with Gasteiger partial charge in [-0.3, -0.25) is 4.79 Å². The quantitative estimate of drug-likeness (QED) is 0.834. The summed E-state index contributed by atoms with van der Waals surface area (Å²) in [5, 5.41) is 3.29. The summed E-state index contributed by atoms with van der Waals surface area (Å²) in [6, 6.07) is 4.12. The second-order valence-corrected chi connectivity index (χ2v) is 6.57. The van der Waals surface area contributed by atoms with Gasteiger partial charge in [0, 0.05) is 34.6 Å². The molecule has 0 radical (unpaired) electrons. The van der Waals surface area contributed by atoms with E-state index in [2.05, 4.69) is 5.32 Å². The Kier molecular flexibility index (Phi) is 4.77. The number of thioether (sulfide) groups is 2. The monoisotopic (exact) mass is 286 g/mol. The van der Waals surface area contributed by atoms with Crippen LogP contribution >= 0.6 is 23.5 Å². The molecule has 0 bridgehead atoms. The van der Waals surface area contributed by atoms with Crippen LogP contribution in [0.25, 0.3) is 0 Å². The van der Waals surface area contributed by atoms with Gasteiger partial charge >= 0.3 is 0 Å². The molecule has 1 aliphatic heterocycles. The van der Waals surface area contributed by atoms with Crippen molar-refractivity contribution in [2.24, 2.45) is 0 Å². The van der Waals surface area contributed by atoms with E-state index in [0.29, 0.717) is 17.4 Å². The molecule has 3 nitrogen and oxygen atoms in total. The van der Waals surface area contributed by atoms with Gasteiger partial charge in [-0.15, -0.1) is 0 Å². The lowest BCUT2D eigenvalue weighted by atomic mass is 10.2. The highest BCUT2D eigenvalue weighted by atomic mass is 32.2. The Morgan fingerprint density at radius 2 is 2.33 bits per heavy atom. The minimum absolute atomic E-state index is 0.0609. The summed E-state index contributed by atoms with van der Waals surface area (Å²) in [6.45, 7) is 0.627. The zero-order valence-corrected chi connectivity index (χ0v) is 11.5. The van der Waals surface area contributed by atoms with Gasteiger partial charge in [-0.05, 0) is 18.2 Å². The largest absolute Gasteiger partial charge is 0.396 e. The zero-order chi connectivity index (χ0) is 13.0. The van der Waals surface area contributed by atoms with Crippen molar-refractivity contribution in [3.05, 3.63) is 29.6 Å². The summed E-state index contributed by atoms with van der Waals surface area (Å²) in [5.74, 6) is 2.57.